The van der Waals surface area contributed by atoms with Gasteiger partial charge in [-0.05, 0) is 57.4 Å². The molecule has 0 radical (unpaired) electrons. The molecule has 1 aliphatic heterocycles. The van der Waals surface area contributed by atoms with Crippen molar-refractivity contribution >= 4 is 27.3 Å². The Bertz CT molecular complexity index is 724. The van der Waals surface area contributed by atoms with Crippen LogP contribution in [-0.2, 0) is 19.4 Å². The van der Waals surface area contributed by atoms with E-state index in [1.807, 2.05) is 13.8 Å². The average molecular weight is 370 g/mol. The summed E-state index contributed by atoms with van der Waals surface area (Å²) in [6.45, 7) is 3.81. The minimum Gasteiger partial charge on any atom is -0.336 e. The third-order valence-electron chi connectivity index (χ3n) is 4.30. The van der Waals surface area contributed by atoms with Gasteiger partial charge in [0.2, 0.25) is 11.8 Å². The number of piperidine rings is 1. The Hall–Kier alpha value is -1.96. The molecule has 25 heavy (non-hydrogen) atoms. The molecule has 1 N–H and O–H groups in total. The first-order chi connectivity index (χ1) is 11.7. The fourth-order valence-electron chi connectivity index (χ4n) is 3.16. The molecular formula is C17H23FN2O4S. The minimum absolute atomic E-state index is 0.000471. The molecule has 2 rings (SSSR count). The summed E-state index contributed by atoms with van der Waals surface area (Å²) in [6.07, 6.45) is 2.71. The van der Waals surface area contributed by atoms with E-state index in [0.29, 0.717) is 5.69 Å². The molecule has 2 unspecified atom stereocenters. The average Bonchev–Trinajstić information content (AvgIpc) is 2.48. The summed E-state index contributed by atoms with van der Waals surface area (Å²) in [7, 11) is -3.88. The molecule has 0 bridgehead atoms. The van der Waals surface area contributed by atoms with Gasteiger partial charge in [-0.3, -0.25) is 9.59 Å². The van der Waals surface area contributed by atoms with Crippen molar-refractivity contribution < 1.29 is 22.4 Å². The first kappa shape index (κ1) is 19.4. The molecule has 1 saturated heterocycles. The number of hydrogen-bond acceptors (Lipinski definition) is 4. The molecule has 1 aromatic rings. The van der Waals surface area contributed by atoms with Gasteiger partial charge in [-0.2, -0.15) is 0 Å². The SMILES string of the molecule is CC1CCCC(C)N1C(=O)CS(=O)(=O)CC(=O)Nc1ccc(F)cc1. The lowest BCUT2D eigenvalue weighted by atomic mass is 9.98. The molecule has 0 aromatic heterocycles. The minimum atomic E-state index is -3.88. The lowest BCUT2D eigenvalue weighted by Gasteiger charge is -2.39. The molecule has 0 aliphatic carbocycles. The van der Waals surface area contributed by atoms with Gasteiger partial charge in [0.05, 0.1) is 0 Å². The van der Waals surface area contributed by atoms with Crippen molar-refractivity contribution in [1.29, 1.82) is 0 Å². The van der Waals surface area contributed by atoms with Crippen molar-refractivity contribution in [3.05, 3.63) is 30.1 Å². The Kier molecular flexibility index (Phi) is 6.16. The quantitative estimate of drug-likeness (QED) is 0.859. The van der Waals surface area contributed by atoms with Crippen LogP contribution in [0, 0.1) is 5.82 Å². The highest BCUT2D eigenvalue weighted by molar-refractivity contribution is 7.92. The van der Waals surface area contributed by atoms with E-state index in [1.54, 1.807) is 4.90 Å². The highest BCUT2D eigenvalue weighted by Gasteiger charge is 2.32. The second-order valence-corrected chi connectivity index (χ2v) is 8.58. The predicted octanol–water partition coefficient (Wildman–Crippen LogP) is 1.97. The van der Waals surface area contributed by atoms with Crippen molar-refractivity contribution in [2.45, 2.75) is 45.2 Å². The van der Waals surface area contributed by atoms with Crippen LogP contribution in [0.4, 0.5) is 10.1 Å². The van der Waals surface area contributed by atoms with Crippen molar-refractivity contribution in [1.82, 2.24) is 4.90 Å². The zero-order valence-corrected chi connectivity index (χ0v) is 15.2. The summed E-state index contributed by atoms with van der Waals surface area (Å²) in [5.74, 6) is -3.14. The maximum atomic E-state index is 12.8. The van der Waals surface area contributed by atoms with E-state index < -0.39 is 39.0 Å². The zero-order chi connectivity index (χ0) is 18.6. The standard InChI is InChI=1S/C17H23FN2O4S/c1-12-4-3-5-13(2)20(12)17(22)11-25(23,24)10-16(21)19-15-8-6-14(18)7-9-15/h6-9,12-13H,3-5,10-11H2,1-2H3,(H,19,21). The first-order valence-electron chi connectivity index (χ1n) is 8.25. The number of halogens is 1. The molecule has 6 nitrogen and oxygen atoms in total. The predicted molar refractivity (Wildman–Crippen MR) is 93.3 cm³/mol. The lowest BCUT2D eigenvalue weighted by Crippen LogP contribution is -2.50. The van der Waals surface area contributed by atoms with Gasteiger partial charge in [0.1, 0.15) is 17.3 Å². The summed E-state index contributed by atoms with van der Waals surface area (Å²) in [4.78, 5) is 25.9. The smallest absolute Gasteiger partial charge is 0.239 e. The van der Waals surface area contributed by atoms with Gasteiger partial charge in [0, 0.05) is 17.8 Å². The number of sulfone groups is 1. The second kappa shape index (κ2) is 7.95. The van der Waals surface area contributed by atoms with E-state index in [-0.39, 0.29) is 12.1 Å². The molecule has 2 amide bonds. The molecule has 0 saturated carbocycles. The van der Waals surface area contributed by atoms with Crippen molar-refractivity contribution in [3.63, 3.8) is 0 Å². The Balaban J connectivity index is 1.95. The molecule has 138 valence electrons. The summed E-state index contributed by atoms with van der Waals surface area (Å²) in [5, 5.41) is 2.39. The molecule has 1 fully saturated rings. The van der Waals surface area contributed by atoms with E-state index in [1.165, 1.54) is 12.1 Å². The van der Waals surface area contributed by atoms with Crippen molar-refractivity contribution in [3.8, 4) is 0 Å². The van der Waals surface area contributed by atoms with Gasteiger partial charge in [-0.1, -0.05) is 0 Å². The van der Waals surface area contributed by atoms with Crippen LogP contribution in [0.1, 0.15) is 33.1 Å². The van der Waals surface area contributed by atoms with Crippen LogP contribution in [0.25, 0.3) is 0 Å². The van der Waals surface area contributed by atoms with Gasteiger partial charge in [-0.15, -0.1) is 0 Å². The maximum Gasteiger partial charge on any atom is 0.239 e. The normalized spacial score (nSPS) is 21.0. The third kappa shape index (κ3) is 5.52. The Morgan fingerprint density at radius 1 is 1.12 bits per heavy atom. The van der Waals surface area contributed by atoms with Gasteiger partial charge >= 0.3 is 0 Å². The van der Waals surface area contributed by atoms with Crippen LogP contribution in [-0.4, -0.2) is 48.7 Å². The number of amides is 2. The topological polar surface area (TPSA) is 83.6 Å². The lowest BCUT2D eigenvalue weighted by molar-refractivity contribution is -0.134. The fourth-order valence-corrected chi connectivity index (χ4v) is 4.26. The first-order valence-corrected chi connectivity index (χ1v) is 10.1. The monoisotopic (exact) mass is 370 g/mol. The van der Waals surface area contributed by atoms with Crippen LogP contribution in [0.2, 0.25) is 0 Å². The summed E-state index contributed by atoms with van der Waals surface area (Å²) >= 11 is 0. The van der Waals surface area contributed by atoms with Crippen molar-refractivity contribution in [2.24, 2.45) is 0 Å². The number of rotatable bonds is 5. The summed E-state index contributed by atoms with van der Waals surface area (Å²) < 4.78 is 37.2. The molecule has 1 aromatic carbocycles. The van der Waals surface area contributed by atoms with E-state index in [0.717, 1.165) is 31.4 Å². The van der Waals surface area contributed by atoms with Crippen LogP contribution >= 0.6 is 0 Å². The molecular weight excluding hydrogens is 347 g/mol. The zero-order valence-electron chi connectivity index (χ0n) is 14.4. The second-order valence-electron chi connectivity index (χ2n) is 6.52. The van der Waals surface area contributed by atoms with Crippen LogP contribution < -0.4 is 5.32 Å². The number of likely N-dealkylation sites (tertiary alicyclic amines) is 1. The molecule has 1 heterocycles. The van der Waals surface area contributed by atoms with Gasteiger partial charge < -0.3 is 10.2 Å². The number of nitrogens with zero attached hydrogens (tertiary/aromatic N) is 1. The third-order valence-corrected chi connectivity index (χ3v) is 5.69. The largest absolute Gasteiger partial charge is 0.336 e. The Morgan fingerprint density at radius 2 is 1.68 bits per heavy atom. The van der Waals surface area contributed by atoms with Gasteiger partial charge in [0.25, 0.3) is 0 Å². The maximum absolute atomic E-state index is 12.8. The number of anilines is 1. The van der Waals surface area contributed by atoms with Gasteiger partial charge in [0.15, 0.2) is 9.84 Å². The summed E-state index contributed by atoms with van der Waals surface area (Å²) in [5.41, 5.74) is 0.297. The van der Waals surface area contributed by atoms with E-state index in [4.69, 9.17) is 0 Å². The number of benzene rings is 1. The fraction of sp³-hybridized carbons (Fsp3) is 0.529. The number of carbonyl (C=O) groups excluding carboxylic acids is 2. The molecule has 2 atom stereocenters. The highest BCUT2D eigenvalue weighted by Crippen LogP contribution is 2.22. The van der Waals surface area contributed by atoms with Crippen molar-refractivity contribution in [2.75, 3.05) is 16.8 Å². The highest BCUT2D eigenvalue weighted by atomic mass is 32.2. The Morgan fingerprint density at radius 3 is 2.24 bits per heavy atom. The van der Waals surface area contributed by atoms with E-state index in [2.05, 4.69) is 5.32 Å². The van der Waals surface area contributed by atoms with Crippen LogP contribution in [0.3, 0.4) is 0 Å². The summed E-state index contributed by atoms with van der Waals surface area (Å²) in [6, 6.07) is 4.99. The van der Waals surface area contributed by atoms with E-state index in [9.17, 15) is 22.4 Å². The molecule has 8 heteroatoms. The van der Waals surface area contributed by atoms with E-state index >= 15 is 0 Å². The molecule has 0 spiro atoms. The number of hydrogen-bond donors (Lipinski definition) is 1. The number of carbonyl (C=O) groups is 2. The van der Waals surface area contributed by atoms with Crippen LogP contribution in [0.15, 0.2) is 24.3 Å². The van der Waals surface area contributed by atoms with Crippen LogP contribution in [0.5, 0.6) is 0 Å². The number of nitrogens with one attached hydrogen (secondary N) is 1. The molecule has 1 aliphatic rings. The Labute approximate surface area is 147 Å². The van der Waals surface area contributed by atoms with Gasteiger partial charge in [-0.25, -0.2) is 12.8 Å².